The van der Waals surface area contributed by atoms with Gasteiger partial charge in [-0.2, -0.15) is 0 Å². The number of nitrogens with two attached hydrogens (primary N) is 1. The monoisotopic (exact) mass is 209 g/mol. The van der Waals surface area contributed by atoms with Crippen LogP contribution in [0.1, 0.15) is 46.5 Å². The standard InChI is InChI=1S/C13H23NO/c1-9-6-5-7-13(3,4)12(9)11(15)8-10(2)14/h10,12H,1,5-8,14H2,2-4H3. The van der Waals surface area contributed by atoms with Gasteiger partial charge in [-0.1, -0.05) is 26.0 Å². The molecule has 1 saturated carbocycles. The maximum Gasteiger partial charge on any atom is 0.142 e. The molecule has 1 aliphatic rings. The molecule has 2 atom stereocenters. The highest BCUT2D eigenvalue weighted by Gasteiger charge is 2.38. The smallest absolute Gasteiger partial charge is 0.142 e. The minimum absolute atomic E-state index is 0.0252. The highest BCUT2D eigenvalue weighted by atomic mass is 16.1. The number of hydrogen-bond acceptors (Lipinski definition) is 2. The minimum atomic E-state index is -0.0389. The van der Waals surface area contributed by atoms with Crippen LogP contribution in [0.2, 0.25) is 0 Å². The van der Waals surface area contributed by atoms with Crippen molar-refractivity contribution in [1.82, 2.24) is 0 Å². The lowest BCUT2D eigenvalue weighted by molar-refractivity contribution is -0.125. The van der Waals surface area contributed by atoms with Gasteiger partial charge in [-0.3, -0.25) is 4.79 Å². The van der Waals surface area contributed by atoms with Crippen molar-refractivity contribution in [3.63, 3.8) is 0 Å². The van der Waals surface area contributed by atoms with E-state index in [9.17, 15) is 4.79 Å². The molecule has 0 amide bonds. The summed E-state index contributed by atoms with van der Waals surface area (Å²) in [5.74, 6) is 0.303. The number of Topliss-reactive ketones (excluding diaryl/α,β-unsaturated/α-hetero) is 1. The lowest BCUT2D eigenvalue weighted by atomic mass is 9.64. The van der Waals surface area contributed by atoms with Crippen molar-refractivity contribution in [2.45, 2.75) is 52.5 Å². The molecule has 2 unspecified atom stereocenters. The highest BCUT2D eigenvalue weighted by molar-refractivity contribution is 5.85. The number of hydrogen-bond donors (Lipinski definition) is 1. The molecule has 2 nitrogen and oxygen atoms in total. The maximum atomic E-state index is 12.1. The Labute approximate surface area is 92.9 Å². The van der Waals surface area contributed by atoms with Gasteiger partial charge in [0.2, 0.25) is 0 Å². The van der Waals surface area contributed by atoms with E-state index in [2.05, 4.69) is 20.4 Å². The Morgan fingerprint density at radius 1 is 1.67 bits per heavy atom. The van der Waals surface area contributed by atoms with Crippen LogP contribution in [0.15, 0.2) is 12.2 Å². The second kappa shape index (κ2) is 4.48. The van der Waals surface area contributed by atoms with Gasteiger partial charge in [0.05, 0.1) is 0 Å². The molecular weight excluding hydrogens is 186 g/mol. The fourth-order valence-electron chi connectivity index (χ4n) is 2.71. The molecule has 1 fully saturated rings. The van der Waals surface area contributed by atoms with E-state index < -0.39 is 0 Å². The number of allylic oxidation sites excluding steroid dienone is 1. The molecule has 0 heterocycles. The topological polar surface area (TPSA) is 43.1 Å². The summed E-state index contributed by atoms with van der Waals surface area (Å²) < 4.78 is 0. The zero-order valence-corrected chi connectivity index (χ0v) is 10.2. The molecule has 0 saturated heterocycles. The molecule has 2 N–H and O–H groups in total. The lowest BCUT2D eigenvalue weighted by Gasteiger charge is -2.39. The normalized spacial score (nSPS) is 27.5. The van der Waals surface area contributed by atoms with Gasteiger partial charge in [-0.05, 0) is 31.6 Å². The zero-order valence-electron chi connectivity index (χ0n) is 10.2. The van der Waals surface area contributed by atoms with Crippen molar-refractivity contribution in [3.8, 4) is 0 Å². The maximum absolute atomic E-state index is 12.1. The van der Waals surface area contributed by atoms with E-state index in [1.54, 1.807) is 0 Å². The van der Waals surface area contributed by atoms with Crippen LogP contribution in [0.4, 0.5) is 0 Å². The van der Waals surface area contributed by atoms with E-state index in [1.165, 1.54) is 0 Å². The van der Waals surface area contributed by atoms with Crippen molar-refractivity contribution in [3.05, 3.63) is 12.2 Å². The quantitative estimate of drug-likeness (QED) is 0.726. The van der Waals surface area contributed by atoms with Gasteiger partial charge in [0.1, 0.15) is 5.78 Å². The van der Waals surface area contributed by atoms with E-state index >= 15 is 0 Å². The Morgan fingerprint density at radius 3 is 2.73 bits per heavy atom. The molecular formula is C13H23NO. The summed E-state index contributed by atoms with van der Waals surface area (Å²) in [6.45, 7) is 10.3. The molecule has 1 aliphatic carbocycles. The third-order valence-corrected chi connectivity index (χ3v) is 3.35. The van der Waals surface area contributed by atoms with E-state index in [0.29, 0.717) is 6.42 Å². The highest BCUT2D eigenvalue weighted by Crippen LogP contribution is 2.43. The number of rotatable bonds is 3. The molecule has 0 aromatic rings. The van der Waals surface area contributed by atoms with Crippen molar-refractivity contribution in [2.24, 2.45) is 17.1 Å². The SMILES string of the molecule is C=C1CCCC(C)(C)C1C(=O)CC(C)N. The first-order valence-corrected chi connectivity index (χ1v) is 5.80. The summed E-state index contributed by atoms with van der Waals surface area (Å²) in [6, 6.07) is -0.0389. The first kappa shape index (κ1) is 12.4. The fraction of sp³-hybridized carbons (Fsp3) is 0.769. The fourth-order valence-corrected chi connectivity index (χ4v) is 2.71. The molecule has 1 rings (SSSR count). The second-order valence-electron chi connectivity index (χ2n) is 5.58. The third-order valence-electron chi connectivity index (χ3n) is 3.35. The molecule has 0 bridgehead atoms. The lowest BCUT2D eigenvalue weighted by Crippen LogP contribution is -2.37. The summed E-state index contributed by atoms with van der Waals surface area (Å²) in [5.41, 5.74) is 6.86. The van der Waals surface area contributed by atoms with Crippen molar-refractivity contribution >= 4 is 5.78 Å². The molecule has 0 spiro atoms. The Bertz CT molecular complexity index is 266. The third kappa shape index (κ3) is 2.91. The molecule has 86 valence electrons. The van der Waals surface area contributed by atoms with Crippen molar-refractivity contribution in [2.75, 3.05) is 0 Å². The van der Waals surface area contributed by atoms with Crippen LogP contribution >= 0.6 is 0 Å². The van der Waals surface area contributed by atoms with E-state index in [1.807, 2.05) is 6.92 Å². The van der Waals surface area contributed by atoms with Crippen LogP contribution < -0.4 is 5.73 Å². The zero-order chi connectivity index (χ0) is 11.6. The number of carbonyl (C=O) groups excluding carboxylic acids is 1. The van der Waals surface area contributed by atoms with Crippen LogP contribution in [0, 0.1) is 11.3 Å². The predicted octanol–water partition coefficient (Wildman–Crippen LogP) is 2.68. The van der Waals surface area contributed by atoms with Crippen molar-refractivity contribution in [1.29, 1.82) is 0 Å². The average molecular weight is 209 g/mol. The molecule has 0 aromatic heterocycles. The largest absolute Gasteiger partial charge is 0.328 e. The Balaban J connectivity index is 2.79. The van der Waals surface area contributed by atoms with Gasteiger partial charge >= 0.3 is 0 Å². The Hall–Kier alpha value is -0.630. The van der Waals surface area contributed by atoms with Crippen molar-refractivity contribution < 1.29 is 4.79 Å². The van der Waals surface area contributed by atoms with Gasteiger partial charge in [0.15, 0.2) is 0 Å². The first-order valence-electron chi connectivity index (χ1n) is 5.80. The molecule has 0 aliphatic heterocycles. The first-order chi connectivity index (χ1) is 6.84. The molecule has 2 heteroatoms. The van der Waals surface area contributed by atoms with Gasteiger partial charge < -0.3 is 5.73 Å². The molecule has 15 heavy (non-hydrogen) atoms. The molecule has 0 aromatic carbocycles. The van der Waals surface area contributed by atoms with E-state index in [0.717, 1.165) is 24.8 Å². The Kier molecular flexibility index (Phi) is 3.72. The Morgan fingerprint density at radius 2 is 2.27 bits per heavy atom. The van der Waals surface area contributed by atoms with Gasteiger partial charge in [-0.15, -0.1) is 0 Å². The summed E-state index contributed by atoms with van der Waals surface area (Å²) in [4.78, 5) is 12.1. The number of ketones is 1. The van der Waals surface area contributed by atoms with Crippen LogP contribution in [-0.2, 0) is 4.79 Å². The average Bonchev–Trinajstić information content (AvgIpc) is 1.99. The second-order valence-corrected chi connectivity index (χ2v) is 5.58. The van der Waals surface area contributed by atoms with Gasteiger partial charge in [-0.25, -0.2) is 0 Å². The molecule has 0 radical (unpaired) electrons. The van der Waals surface area contributed by atoms with Crippen LogP contribution in [0.25, 0.3) is 0 Å². The number of carbonyl (C=O) groups is 1. The predicted molar refractivity (Wildman–Crippen MR) is 63.5 cm³/mol. The minimum Gasteiger partial charge on any atom is -0.328 e. The van der Waals surface area contributed by atoms with E-state index in [-0.39, 0.29) is 23.2 Å². The van der Waals surface area contributed by atoms with Crippen LogP contribution in [-0.4, -0.2) is 11.8 Å². The van der Waals surface area contributed by atoms with Crippen LogP contribution in [0.5, 0.6) is 0 Å². The van der Waals surface area contributed by atoms with Crippen LogP contribution in [0.3, 0.4) is 0 Å². The summed E-state index contributed by atoms with van der Waals surface area (Å²) in [5, 5.41) is 0. The summed E-state index contributed by atoms with van der Waals surface area (Å²) in [6.07, 6.45) is 3.75. The summed E-state index contributed by atoms with van der Waals surface area (Å²) in [7, 11) is 0. The van der Waals surface area contributed by atoms with E-state index in [4.69, 9.17) is 5.73 Å². The van der Waals surface area contributed by atoms with Gasteiger partial charge in [0.25, 0.3) is 0 Å². The van der Waals surface area contributed by atoms with Gasteiger partial charge in [0, 0.05) is 18.4 Å². The summed E-state index contributed by atoms with van der Waals surface area (Å²) >= 11 is 0.